The van der Waals surface area contributed by atoms with Crippen molar-refractivity contribution in [2.45, 2.75) is 59.2 Å². The highest BCUT2D eigenvalue weighted by molar-refractivity contribution is 7.15. The Bertz CT molecular complexity index is 394. The third-order valence-electron chi connectivity index (χ3n) is 3.36. The van der Waals surface area contributed by atoms with E-state index >= 15 is 0 Å². The highest BCUT2D eigenvalue weighted by atomic mass is 32.1. The normalized spacial score (nSPS) is 24.8. The lowest BCUT2D eigenvalue weighted by Crippen LogP contribution is -2.34. The second-order valence-corrected chi connectivity index (χ2v) is 7.65. The zero-order chi connectivity index (χ0) is 13.3. The van der Waals surface area contributed by atoms with Crippen molar-refractivity contribution in [3.8, 4) is 0 Å². The van der Waals surface area contributed by atoms with E-state index in [0.717, 1.165) is 19.0 Å². The van der Waals surface area contributed by atoms with Crippen LogP contribution in [0.25, 0.3) is 0 Å². The second-order valence-electron chi connectivity index (χ2n) is 6.55. The van der Waals surface area contributed by atoms with Gasteiger partial charge in [-0.15, -0.1) is 11.3 Å². The van der Waals surface area contributed by atoms with Crippen molar-refractivity contribution in [1.82, 2.24) is 10.3 Å². The van der Waals surface area contributed by atoms with Crippen molar-refractivity contribution in [2.75, 3.05) is 11.4 Å². The van der Waals surface area contributed by atoms with E-state index in [2.05, 4.69) is 49.8 Å². The van der Waals surface area contributed by atoms with E-state index in [-0.39, 0.29) is 5.54 Å². The number of thiazole rings is 1. The van der Waals surface area contributed by atoms with Gasteiger partial charge in [-0.1, -0.05) is 6.92 Å². The van der Waals surface area contributed by atoms with Gasteiger partial charge in [-0.05, 0) is 40.0 Å². The second kappa shape index (κ2) is 5.17. The van der Waals surface area contributed by atoms with Crippen LogP contribution in [0.1, 0.15) is 45.9 Å². The Morgan fingerprint density at radius 2 is 2.17 bits per heavy atom. The molecule has 2 rings (SSSR count). The van der Waals surface area contributed by atoms with E-state index < -0.39 is 0 Å². The zero-order valence-corrected chi connectivity index (χ0v) is 13.0. The Morgan fingerprint density at radius 1 is 1.44 bits per heavy atom. The fraction of sp³-hybridized carbons (Fsp3) is 0.786. The van der Waals surface area contributed by atoms with Gasteiger partial charge in [0, 0.05) is 35.7 Å². The first kappa shape index (κ1) is 13.8. The average molecular weight is 267 g/mol. The minimum atomic E-state index is 0.166. The summed E-state index contributed by atoms with van der Waals surface area (Å²) in [7, 11) is 0. The number of hydrogen-bond donors (Lipinski definition) is 1. The lowest BCUT2D eigenvalue weighted by atomic mass is 10.1. The summed E-state index contributed by atoms with van der Waals surface area (Å²) in [6.45, 7) is 13.3. The topological polar surface area (TPSA) is 28.2 Å². The van der Waals surface area contributed by atoms with Crippen molar-refractivity contribution in [3.63, 3.8) is 0 Å². The lowest BCUT2D eigenvalue weighted by Gasteiger charge is -2.20. The van der Waals surface area contributed by atoms with E-state index in [1.165, 1.54) is 16.4 Å². The molecule has 2 heterocycles. The maximum Gasteiger partial charge on any atom is 0.185 e. The molecule has 1 saturated heterocycles. The molecule has 102 valence electrons. The molecule has 1 aliphatic rings. The summed E-state index contributed by atoms with van der Waals surface area (Å²) in [6, 6.07) is 0.634. The van der Waals surface area contributed by atoms with Crippen LogP contribution < -0.4 is 10.2 Å². The summed E-state index contributed by atoms with van der Waals surface area (Å²) >= 11 is 1.83. The molecule has 0 saturated carbocycles. The van der Waals surface area contributed by atoms with Crippen molar-refractivity contribution in [3.05, 3.63) is 11.1 Å². The molecule has 1 aromatic rings. The first-order valence-corrected chi connectivity index (χ1v) is 7.63. The summed E-state index contributed by atoms with van der Waals surface area (Å²) < 4.78 is 0. The number of aromatic nitrogens is 1. The molecule has 2 unspecified atom stereocenters. The maximum absolute atomic E-state index is 4.59. The van der Waals surface area contributed by atoms with Gasteiger partial charge in [0.2, 0.25) is 0 Å². The Kier molecular flexibility index (Phi) is 3.97. The van der Waals surface area contributed by atoms with Crippen LogP contribution >= 0.6 is 11.3 Å². The molecule has 2 atom stereocenters. The van der Waals surface area contributed by atoms with Gasteiger partial charge in [0.15, 0.2) is 5.13 Å². The minimum Gasteiger partial charge on any atom is -0.345 e. The molecule has 1 N–H and O–H groups in total. The predicted molar refractivity (Wildman–Crippen MR) is 79.3 cm³/mol. The summed E-state index contributed by atoms with van der Waals surface area (Å²) in [6.07, 6.45) is 3.31. The minimum absolute atomic E-state index is 0.166. The predicted octanol–water partition coefficient (Wildman–Crippen LogP) is 3.27. The Morgan fingerprint density at radius 3 is 2.72 bits per heavy atom. The van der Waals surface area contributed by atoms with Crippen LogP contribution in [0.4, 0.5) is 5.13 Å². The molecule has 0 aromatic carbocycles. The average Bonchev–Trinajstić information content (AvgIpc) is 2.81. The third-order valence-corrected chi connectivity index (χ3v) is 4.40. The van der Waals surface area contributed by atoms with Crippen molar-refractivity contribution < 1.29 is 0 Å². The van der Waals surface area contributed by atoms with Crippen LogP contribution in [0.3, 0.4) is 0 Å². The number of hydrogen-bond acceptors (Lipinski definition) is 4. The van der Waals surface area contributed by atoms with Gasteiger partial charge >= 0.3 is 0 Å². The van der Waals surface area contributed by atoms with Gasteiger partial charge < -0.3 is 10.2 Å². The smallest absolute Gasteiger partial charge is 0.185 e. The molecule has 1 aliphatic heterocycles. The van der Waals surface area contributed by atoms with Gasteiger partial charge in [0.1, 0.15) is 0 Å². The van der Waals surface area contributed by atoms with Gasteiger partial charge in [-0.25, -0.2) is 4.98 Å². The number of nitrogens with one attached hydrogen (secondary N) is 1. The van der Waals surface area contributed by atoms with Crippen LogP contribution in [-0.2, 0) is 6.54 Å². The molecule has 0 spiro atoms. The largest absolute Gasteiger partial charge is 0.345 e. The molecular weight excluding hydrogens is 242 g/mol. The molecule has 0 aliphatic carbocycles. The molecule has 4 heteroatoms. The van der Waals surface area contributed by atoms with Gasteiger partial charge in [0.25, 0.3) is 0 Å². The van der Waals surface area contributed by atoms with Crippen molar-refractivity contribution in [2.24, 2.45) is 5.92 Å². The van der Waals surface area contributed by atoms with E-state index in [1.54, 1.807) is 0 Å². The number of anilines is 1. The summed E-state index contributed by atoms with van der Waals surface area (Å²) in [5.74, 6) is 0.792. The Labute approximate surface area is 115 Å². The zero-order valence-electron chi connectivity index (χ0n) is 12.2. The molecule has 1 aromatic heterocycles. The molecular formula is C14H25N3S. The summed E-state index contributed by atoms with van der Waals surface area (Å²) in [5, 5.41) is 4.71. The molecule has 1 fully saturated rings. The fourth-order valence-electron chi connectivity index (χ4n) is 2.43. The van der Waals surface area contributed by atoms with Crippen LogP contribution in [-0.4, -0.2) is 23.1 Å². The quantitative estimate of drug-likeness (QED) is 0.911. The molecule has 0 amide bonds. The highest BCUT2D eigenvalue weighted by Crippen LogP contribution is 2.31. The van der Waals surface area contributed by atoms with Crippen molar-refractivity contribution >= 4 is 16.5 Å². The van der Waals surface area contributed by atoms with E-state index in [0.29, 0.717) is 6.04 Å². The van der Waals surface area contributed by atoms with Gasteiger partial charge in [-0.2, -0.15) is 0 Å². The van der Waals surface area contributed by atoms with Crippen LogP contribution in [0.5, 0.6) is 0 Å². The molecule has 3 nitrogen and oxygen atoms in total. The summed E-state index contributed by atoms with van der Waals surface area (Å²) in [5.41, 5.74) is 0.166. The van der Waals surface area contributed by atoms with Crippen LogP contribution in [0.15, 0.2) is 6.20 Å². The number of nitrogens with zero attached hydrogens (tertiary/aromatic N) is 2. The van der Waals surface area contributed by atoms with Crippen LogP contribution in [0.2, 0.25) is 0 Å². The first-order valence-electron chi connectivity index (χ1n) is 6.81. The monoisotopic (exact) mass is 267 g/mol. The molecule has 0 bridgehead atoms. The van der Waals surface area contributed by atoms with Gasteiger partial charge in [0.05, 0.1) is 0 Å². The standard InChI is InChI=1S/C14H25N3S/c1-10-6-11(2)17(9-10)13-15-7-12(18-13)8-16-14(3,4)5/h7,10-11,16H,6,8-9H2,1-5H3. The molecule has 0 radical (unpaired) electrons. The fourth-order valence-corrected chi connectivity index (χ4v) is 3.39. The SMILES string of the molecule is CC1CC(C)N(c2ncc(CNC(C)(C)C)s2)C1. The third kappa shape index (κ3) is 3.45. The van der Waals surface area contributed by atoms with E-state index in [1.807, 2.05) is 17.5 Å². The Balaban J connectivity index is 1.98. The maximum atomic E-state index is 4.59. The van der Waals surface area contributed by atoms with Gasteiger partial charge in [-0.3, -0.25) is 0 Å². The Hall–Kier alpha value is -0.610. The van der Waals surface area contributed by atoms with Crippen molar-refractivity contribution in [1.29, 1.82) is 0 Å². The van der Waals surface area contributed by atoms with E-state index in [9.17, 15) is 0 Å². The summed E-state index contributed by atoms with van der Waals surface area (Å²) in [4.78, 5) is 8.37. The lowest BCUT2D eigenvalue weighted by molar-refractivity contribution is 0.426. The van der Waals surface area contributed by atoms with Crippen LogP contribution in [0, 0.1) is 5.92 Å². The first-order chi connectivity index (χ1) is 8.35. The molecule has 18 heavy (non-hydrogen) atoms. The highest BCUT2D eigenvalue weighted by Gasteiger charge is 2.28. The number of rotatable bonds is 3. The van der Waals surface area contributed by atoms with E-state index in [4.69, 9.17) is 0 Å².